The monoisotopic (exact) mass is 138 g/mol. The van der Waals surface area contributed by atoms with Crippen LogP contribution in [0.4, 0.5) is 13.2 Å². The Bertz CT molecular complexity index is 110. The van der Waals surface area contributed by atoms with Gasteiger partial charge < -0.3 is 0 Å². The molecule has 0 aliphatic rings. The largest absolute Gasteiger partial charge is 0.409 e. The van der Waals surface area contributed by atoms with Gasteiger partial charge in [0.15, 0.2) is 0 Å². The Hall–Kier alpha value is -0.470. The number of halogens is 3. The second-order valence-electron chi connectivity index (χ2n) is 1.89. The van der Waals surface area contributed by atoms with Crippen LogP contribution in [0.1, 0.15) is 20.3 Å². The third-order valence-corrected chi connectivity index (χ3v) is 0.968. The van der Waals surface area contributed by atoms with Crippen LogP contribution in [-0.2, 0) is 0 Å². The molecular formula is C6H9F3. The summed E-state index contributed by atoms with van der Waals surface area (Å²) < 4.78 is 34.2. The van der Waals surface area contributed by atoms with Crippen molar-refractivity contribution in [1.29, 1.82) is 0 Å². The van der Waals surface area contributed by atoms with Crippen LogP contribution in [0.5, 0.6) is 0 Å². The second kappa shape index (κ2) is 2.90. The van der Waals surface area contributed by atoms with Crippen LogP contribution in [0.15, 0.2) is 11.6 Å². The maximum absolute atomic E-state index is 11.4. The SMILES string of the molecule is CC/C(C)=C/C(F)(F)F. The van der Waals surface area contributed by atoms with Crippen molar-refractivity contribution in [2.45, 2.75) is 26.4 Å². The molecule has 0 aliphatic heterocycles. The Labute approximate surface area is 52.4 Å². The van der Waals surface area contributed by atoms with Gasteiger partial charge in [0.1, 0.15) is 0 Å². The molecule has 0 fully saturated rings. The highest BCUT2D eigenvalue weighted by molar-refractivity contribution is 5.00. The van der Waals surface area contributed by atoms with Gasteiger partial charge in [0.2, 0.25) is 0 Å². The lowest BCUT2D eigenvalue weighted by Crippen LogP contribution is -2.01. The van der Waals surface area contributed by atoms with E-state index in [1.54, 1.807) is 6.92 Å². The number of allylic oxidation sites excluding steroid dienone is 2. The maximum Gasteiger partial charge on any atom is 0.409 e. The normalized spacial score (nSPS) is 14.1. The minimum absolute atomic E-state index is 0.326. The van der Waals surface area contributed by atoms with Crippen LogP contribution in [-0.4, -0.2) is 6.18 Å². The lowest BCUT2D eigenvalue weighted by Gasteiger charge is -1.99. The van der Waals surface area contributed by atoms with Crippen molar-refractivity contribution >= 4 is 0 Å². The van der Waals surface area contributed by atoms with Gasteiger partial charge in [-0.2, -0.15) is 13.2 Å². The second-order valence-corrected chi connectivity index (χ2v) is 1.89. The van der Waals surface area contributed by atoms with Crippen molar-refractivity contribution in [3.05, 3.63) is 11.6 Å². The van der Waals surface area contributed by atoms with E-state index in [0.717, 1.165) is 0 Å². The van der Waals surface area contributed by atoms with E-state index in [2.05, 4.69) is 0 Å². The summed E-state index contributed by atoms with van der Waals surface area (Å²) in [7, 11) is 0. The number of alkyl halides is 3. The molecule has 0 rings (SSSR count). The highest BCUT2D eigenvalue weighted by atomic mass is 19.4. The molecule has 0 aliphatic carbocycles. The van der Waals surface area contributed by atoms with Crippen LogP contribution in [0.2, 0.25) is 0 Å². The predicted molar refractivity (Wildman–Crippen MR) is 30.1 cm³/mol. The molecule has 0 unspecified atom stereocenters. The number of hydrogen-bond donors (Lipinski definition) is 0. The third-order valence-electron chi connectivity index (χ3n) is 0.968. The van der Waals surface area contributed by atoms with Crippen LogP contribution in [0.3, 0.4) is 0 Å². The summed E-state index contributed by atoms with van der Waals surface area (Å²) in [5.74, 6) is 0. The van der Waals surface area contributed by atoms with Crippen LogP contribution in [0, 0.1) is 0 Å². The summed E-state index contributed by atoms with van der Waals surface area (Å²) in [6.07, 6.45) is -3.35. The molecule has 54 valence electrons. The highest BCUT2D eigenvalue weighted by Gasteiger charge is 2.22. The van der Waals surface area contributed by atoms with E-state index in [1.807, 2.05) is 0 Å². The fourth-order valence-electron chi connectivity index (χ4n) is 0.381. The fraction of sp³-hybridized carbons (Fsp3) is 0.667. The molecular weight excluding hydrogens is 129 g/mol. The first-order valence-corrected chi connectivity index (χ1v) is 2.70. The van der Waals surface area contributed by atoms with Gasteiger partial charge in [-0.15, -0.1) is 0 Å². The summed E-state index contributed by atoms with van der Waals surface area (Å²) in [6, 6.07) is 0. The molecule has 0 amide bonds. The van der Waals surface area contributed by atoms with E-state index >= 15 is 0 Å². The Kier molecular flexibility index (Phi) is 2.74. The minimum atomic E-state index is -4.14. The summed E-state index contributed by atoms with van der Waals surface area (Å²) in [6.45, 7) is 3.16. The van der Waals surface area contributed by atoms with Crippen molar-refractivity contribution in [3.8, 4) is 0 Å². The first kappa shape index (κ1) is 8.53. The van der Waals surface area contributed by atoms with Crippen molar-refractivity contribution in [2.75, 3.05) is 0 Å². The van der Waals surface area contributed by atoms with E-state index < -0.39 is 6.18 Å². The molecule has 0 aromatic carbocycles. The van der Waals surface area contributed by atoms with Crippen molar-refractivity contribution in [1.82, 2.24) is 0 Å². The molecule has 0 aromatic heterocycles. The maximum atomic E-state index is 11.4. The van der Waals surface area contributed by atoms with Gasteiger partial charge in [0.25, 0.3) is 0 Å². The fourth-order valence-corrected chi connectivity index (χ4v) is 0.381. The van der Waals surface area contributed by atoms with Gasteiger partial charge in [-0.3, -0.25) is 0 Å². The quantitative estimate of drug-likeness (QED) is 0.489. The molecule has 0 N–H and O–H groups in total. The molecule has 0 spiro atoms. The van der Waals surface area contributed by atoms with E-state index in [4.69, 9.17) is 0 Å². The lowest BCUT2D eigenvalue weighted by atomic mass is 10.2. The van der Waals surface area contributed by atoms with E-state index in [1.165, 1.54) is 6.92 Å². The van der Waals surface area contributed by atoms with Crippen LogP contribution >= 0.6 is 0 Å². The Morgan fingerprint density at radius 3 is 2.00 bits per heavy atom. The molecule has 3 heteroatoms. The first-order valence-electron chi connectivity index (χ1n) is 2.70. The molecule has 0 saturated heterocycles. The minimum Gasteiger partial charge on any atom is -0.167 e. The molecule has 0 heterocycles. The molecule has 9 heavy (non-hydrogen) atoms. The van der Waals surface area contributed by atoms with Gasteiger partial charge in [-0.1, -0.05) is 12.5 Å². The zero-order chi connectivity index (χ0) is 7.49. The molecule has 0 bridgehead atoms. The smallest absolute Gasteiger partial charge is 0.167 e. The molecule has 0 atom stereocenters. The van der Waals surface area contributed by atoms with E-state index in [-0.39, 0.29) is 0 Å². The topological polar surface area (TPSA) is 0 Å². The highest BCUT2D eigenvalue weighted by Crippen LogP contribution is 2.19. The average molecular weight is 138 g/mol. The number of hydrogen-bond acceptors (Lipinski definition) is 0. The number of rotatable bonds is 1. The Morgan fingerprint density at radius 2 is 1.89 bits per heavy atom. The summed E-state index contributed by atoms with van der Waals surface area (Å²) in [5.41, 5.74) is 0.363. The lowest BCUT2D eigenvalue weighted by molar-refractivity contribution is -0.0805. The van der Waals surface area contributed by atoms with Crippen molar-refractivity contribution in [2.24, 2.45) is 0 Å². The molecule has 0 saturated carbocycles. The van der Waals surface area contributed by atoms with Crippen LogP contribution < -0.4 is 0 Å². The summed E-state index contributed by atoms with van der Waals surface area (Å²) in [4.78, 5) is 0. The summed E-state index contributed by atoms with van der Waals surface area (Å²) >= 11 is 0. The predicted octanol–water partition coefficient (Wildman–Crippen LogP) is 2.91. The molecule has 0 radical (unpaired) electrons. The van der Waals surface area contributed by atoms with E-state index in [9.17, 15) is 13.2 Å². The average Bonchev–Trinajstić information content (AvgIpc) is 1.62. The first-order chi connectivity index (χ1) is 3.95. The molecule has 0 aromatic rings. The van der Waals surface area contributed by atoms with Crippen LogP contribution in [0.25, 0.3) is 0 Å². The van der Waals surface area contributed by atoms with Gasteiger partial charge >= 0.3 is 6.18 Å². The van der Waals surface area contributed by atoms with Crippen molar-refractivity contribution < 1.29 is 13.2 Å². The summed E-state index contributed by atoms with van der Waals surface area (Å²) in [5, 5.41) is 0. The Balaban J connectivity index is 3.95. The standard InChI is InChI=1S/C6H9F3/c1-3-5(2)4-6(7,8)9/h4H,3H2,1-2H3/b5-4+. The van der Waals surface area contributed by atoms with Gasteiger partial charge in [0.05, 0.1) is 0 Å². The van der Waals surface area contributed by atoms with E-state index in [0.29, 0.717) is 18.1 Å². The van der Waals surface area contributed by atoms with Gasteiger partial charge in [-0.25, -0.2) is 0 Å². The van der Waals surface area contributed by atoms with Gasteiger partial charge in [-0.05, 0) is 13.3 Å². The van der Waals surface area contributed by atoms with Crippen molar-refractivity contribution in [3.63, 3.8) is 0 Å². The zero-order valence-corrected chi connectivity index (χ0v) is 5.42. The molecule has 0 nitrogen and oxygen atoms in total. The Morgan fingerprint density at radius 1 is 1.44 bits per heavy atom. The zero-order valence-electron chi connectivity index (χ0n) is 5.42. The third kappa shape index (κ3) is 5.40. The van der Waals surface area contributed by atoms with Gasteiger partial charge in [0, 0.05) is 6.08 Å².